The van der Waals surface area contributed by atoms with E-state index >= 15 is 0 Å². The number of aromatic nitrogens is 2. The second-order valence-corrected chi connectivity index (χ2v) is 5.06. The Morgan fingerprint density at radius 1 is 1.33 bits per heavy atom. The Bertz CT molecular complexity index is 345. The van der Waals surface area contributed by atoms with Gasteiger partial charge in [-0.1, -0.05) is 0 Å². The molecule has 0 atom stereocenters. The maximum atomic E-state index is 11.2. The van der Waals surface area contributed by atoms with Gasteiger partial charge in [0.25, 0.3) is 0 Å². The Morgan fingerprint density at radius 3 is 2.60 bits per heavy atom. The van der Waals surface area contributed by atoms with Crippen molar-refractivity contribution in [3.63, 3.8) is 0 Å². The molecule has 0 spiro atoms. The Morgan fingerprint density at radius 2 is 2.07 bits per heavy atom. The van der Waals surface area contributed by atoms with Crippen molar-refractivity contribution in [2.75, 3.05) is 29.5 Å². The highest BCUT2D eigenvalue weighted by molar-refractivity contribution is 7.85. The van der Waals surface area contributed by atoms with Crippen molar-refractivity contribution >= 4 is 16.6 Å². The molecule has 1 aromatic rings. The van der Waals surface area contributed by atoms with Gasteiger partial charge in [-0.25, -0.2) is 4.98 Å². The van der Waals surface area contributed by atoms with Gasteiger partial charge < -0.3 is 10.0 Å². The van der Waals surface area contributed by atoms with Crippen LogP contribution < -0.4 is 4.90 Å². The smallest absolute Gasteiger partial charge is 0.147 e. The van der Waals surface area contributed by atoms with Gasteiger partial charge in [-0.2, -0.15) is 0 Å². The Labute approximate surface area is 90.6 Å². The van der Waals surface area contributed by atoms with Crippen LogP contribution in [0.4, 0.5) is 5.82 Å². The average Bonchev–Trinajstić information content (AvgIpc) is 2.30. The third-order valence-corrected chi connectivity index (χ3v) is 3.63. The molecular formula is C9H13N3O2S. The van der Waals surface area contributed by atoms with Gasteiger partial charge in [-0.05, 0) is 0 Å². The van der Waals surface area contributed by atoms with Crippen LogP contribution in [0, 0.1) is 0 Å². The molecule has 2 rings (SSSR count). The predicted molar refractivity (Wildman–Crippen MR) is 58.0 cm³/mol. The molecular weight excluding hydrogens is 214 g/mol. The monoisotopic (exact) mass is 227 g/mol. The van der Waals surface area contributed by atoms with Crippen LogP contribution in [-0.2, 0) is 17.4 Å². The molecule has 0 saturated carbocycles. The minimum atomic E-state index is -0.671. The van der Waals surface area contributed by atoms with Gasteiger partial charge in [0.1, 0.15) is 5.82 Å². The van der Waals surface area contributed by atoms with Gasteiger partial charge in [0, 0.05) is 35.4 Å². The van der Waals surface area contributed by atoms with E-state index in [0.717, 1.165) is 18.9 Å². The molecule has 2 heterocycles. The second-order valence-electron chi connectivity index (χ2n) is 3.36. The lowest BCUT2D eigenvalue weighted by Crippen LogP contribution is -2.38. The van der Waals surface area contributed by atoms with E-state index in [0.29, 0.717) is 17.2 Å². The minimum Gasteiger partial charge on any atom is -0.390 e. The number of hydrogen-bond donors (Lipinski definition) is 1. The van der Waals surface area contributed by atoms with Crippen LogP contribution in [0.15, 0.2) is 12.4 Å². The first kappa shape index (κ1) is 10.5. The SMILES string of the molecule is O=S1CCN(c2cnc(CO)cn2)CC1. The predicted octanol–water partition coefficient (Wildman–Crippen LogP) is -0.462. The van der Waals surface area contributed by atoms with Crippen molar-refractivity contribution in [1.82, 2.24) is 9.97 Å². The zero-order chi connectivity index (χ0) is 10.7. The normalized spacial score (nSPS) is 18.1. The number of anilines is 1. The Balaban J connectivity index is 2.06. The lowest BCUT2D eigenvalue weighted by Gasteiger charge is -2.26. The second kappa shape index (κ2) is 4.67. The van der Waals surface area contributed by atoms with Crippen molar-refractivity contribution in [1.29, 1.82) is 0 Å². The van der Waals surface area contributed by atoms with Crippen molar-refractivity contribution in [3.05, 3.63) is 18.1 Å². The highest BCUT2D eigenvalue weighted by atomic mass is 32.2. The number of aliphatic hydroxyl groups is 1. The van der Waals surface area contributed by atoms with E-state index in [1.807, 2.05) is 0 Å². The molecule has 1 N–H and O–H groups in total. The highest BCUT2D eigenvalue weighted by Gasteiger charge is 2.16. The molecule has 82 valence electrons. The summed E-state index contributed by atoms with van der Waals surface area (Å²) in [5.41, 5.74) is 0.569. The largest absolute Gasteiger partial charge is 0.390 e. The number of nitrogens with zero attached hydrogens (tertiary/aromatic N) is 3. The van der Waals surface area contributed by atoms with Crippen LogP contribution in [-0.4, -0.2) is 43.9 Å². The molecule has 15 heavy (non-hydrogen) atoms. The van der Waals surface area contributed by atoms with E-state index < -0.39 is 10.8 Å². The van der Waals surface area contributed by atoms with Crippen LogP contribution in [0.1, 0.15) is 5.69 Å². The fourth-order valence-corrected chi connectivity index (χ4v) is 2.51. The fraction of sp³-hybridized carbons (Fsp3) is 0.556. The molecule has 0 unspecified atom stereocenters. The summed E-state index contributed by atoms with van der Waals surface area (Å²) in [6.45, 7) is 1.44. The third-order valence-electron chi connectivity index (χ3n) is 2.36. The van der Waals surface area contributed by atoms with E-state index in [2.05, 4.69) is 14.9 Å². The molecule has 6 heteroatoms. The van der Waals surface area contributed by atoms with Gasteiger partial charge in [0.05, 0.1) is 24.7 Å². The summed E-state index contributed by atoms with van der Waals surface area (Å²) >= 11 is 0. The molecule has 1 saturated heterocycles. The van der Waals surface area contributed by atoms with Crippen molar-refractivity contribution in [2.24, 2.45) is 0 Å². The zero-order valence-corrected chi connectivity index (χ0v) is 9.11. The van der Waals surface area contributed by atoms with Crippen molar-refractivity contribution in [3.8, 4) is 0 Å². The summed E-state index contributed by atoms with van der Waals surface area (Å²) < 4.78 is 11.2. The van der Waals surface area contributed by atoms with Gasteiger partial charge in [-0.15, -0.1) is 0 Å². The molecule has 1 fully saturated rings. The first-order chi connectivity index (χ1) is 7.29. The van der Waals surface area contributed by atoms with Gasteiger partial charge in [-0.3, -0.25) is 9.19 Å². The van der Waals surface area contributed by atoms with E-state index in [-0.39, 0.29) is 6.61 Å². The maximum Gasteiger partial charge on any atom is 0.147 e. The fourth-order valence-electron chi connectivity index (χ4n) is 1.46. The van der Waals surface area contributed by atoms with Crippen molar-refractivity contribution < 1.29 is 9.32 Å². The summed E-state index contributed by atoms with van der Waals surface area (Å²) in [6.07, 6.45) is 3.22. The summed E-state index contributed by atoms with van der Waals surface area (Å²) in [7, 11) is -0.671. The molecule has 0 radical (unpaired) electrons. The van der Waals surface area contributed by atoms with E-state index in [1.54, 1.807) is 12.4 Å². The van der Waals surface area contributed by atoms with Gasteiger partial charge in [0.15, 0.2) is 0 Å². The van der Waals surface area contributed by atoms with Crippen LogP contribution in [0.5, 0.6) is 0 Å². The standard InChI is InChI=1S/C9H13N3O2S/c13-7-8-5-11-9(6-10-8)12-1-3-15(14)4-2-12/h5-6,13H,1-4,7H2. The maximum absolute atomic E-state index is 11.2. The number of rotatable bonds is 2. The summed E-state index contributed by atoms with van der Waals surface area (Å²) in [4.78, 5) is 10.3. The van der Waals surface area contributed by atoms with Gasteiger partial charge >= 0.3 is 0 Å². The number of hydrogen-bond acceptors (Lipinski definition) is 5. The first-order valence-electron chi connectivity index (χ1n) is 4.81. The Hall–Kier alpha value is -1.01. The third kappa shape index (κ3) is 2.51. The van der Waals surface area contributed by atoms with Crippen LogP contribution in [0.3, 0.4) is 0 Å². The Kier molecular flexibility index (Phi) is 3.27. The lowest BCUT2D eigenvalue weighted by molar-refractivity contribution is 0.276. The van der Waals surface area contributed by atoms with E-state index in [1.165, 1.54) is 0 Å². The molecule has 5 nitrogen and oxygen atoms in total. The first-order valence-corrected chi connectivity index (χ1v) is 6.30. The lowest BCUT2D eigenvalue weighted by atomic mass is 10.4. The van der Waals surface area contributed by atoms with Crippen molar-refractivity contribution in [2.45, 2.75) is 6.61 Å². The molecule has 1 aliphatic rings. The molecule has 0 bridgehead atoms. The molecule has 1 aromatic heterocycles. The number of aliphatic hydroxyl groups excluding tert-OH is 1. The van der Waals surface area contributed by atoms with E-state index in [4.69, 9.17) is 5.11 Å². The average molecular weight is 227 g/mol. The summed E-state index contributed by atoms with van der Waals surface area (Å²) in [5, 5.41) is 8.82. The zero-order valence-electron chi connectivity index (χ0n) is 8.30. The highest BCUT2D eigenvalue weighted by Crippen LogP contribution is 2.11. The molecule has 0 amide bonds. The molecule has 1 aliphatic heterocycles. The minimum absolute atomic E-state index is 0.0860. The van der Waals surface area contributed by atoms with Crippen LogP contribution in [0.25, 0.3) is 0 Å². The topological polar surface area (TPSA) is 66.3 Å². The summed E-state index contributed by atoms with van der Waals surface area (Å²) in [6, 6.07) is 0. The van der Waals surface area contributed by atoms with Crippen LogP contribution >= 0.6 is 0 Å². The summed E-state index contributed by atoms with van der Waals surface area (Å²) in [5.74, 6) is 2.19. The molecule has 0 aliphatic carbocycles. The quantitative estimate of drug-likeness (QED) is 0.740. The van der Waals surface area contributed by atoms with Gasteiger partial charge in [0.2, 0.25) is 0 Å². The van der Waals surface area contributed by atoms with Crippen LogP contribution in [0.2, 0.25) is 0 Å². The van der Waals surface area contributed by atoms with E-state index in [9.17, 15) is 4.21 Å². The molecule has 0 aromatic carbocycles.